The standard InChI is InChI=1S/C23H33N3O2.HI/c1-3-24-23(26-19-21-12-9-13-22(18-21)27-2)25-15-7-8-16-28-17-14-20-10-5-4-6-11-20;/h4-6,9-13,18H,3,7-8,14-17,19H2,1-2H3,(H2,24,25,26);1H. The molecule has 2 rings (SSSR count). The third kappa shape index (κ3) is 11.1. The van der Waals surface area contributed by atoms with Crippen LogP contribution in [0.1, 0.15) is 30.9 Å². The summed E-state index contributed by atoms with van der Waals surface area (Å²) >= 11 is 0. The zero-order chi connectivity index (χ0) is 19.9. The van der Waals surface area contributed by atoms with Crippen molar-refractivity contribution in [1.82, 2.24) is 10.6 Å². The molecule has 0 heterocycles. The van der Waals surface area contributed by atoms with E-state index >= 15 is 0 Å². The van der Waals surface area contributed by atoms with Crippen LogP contribution in [0.2, 0.25) is 0 Å². The van der Waals surface area contributed by atoms with Gasteiger partial charge in [-0.2, -0.15) is 0 Å². The van der Waals surface area contributed by atoms with Crippen molar-refractivity contribution < 1.29 is 9.47 Å². The number of hydrogen-bond acceptors (Lipinski definition) is 3. The Labute approximate surface area is 192 Å². The van der Waals surface area contributed by atoms with Crippen molar-refractivity contribution in [3.8, 4) is 5.75 Å². The molecule has 0 amide bonds. The van der Waals surface area contributed by atoms with E-state index < -0.39 is 0 Å². The van der Waals surface area contributed by atoms with Crippen LogP contribution in [0.3, 0.4) is 0 Å². The normalized spacial score (nSPS) is 10.9. The number of nitrogens with zero attached hydrogens (tertiary/aromatic N) is 1. The minimum Gasteiger partial charge on any atom is -0.497 e. The summed E-state index contributed by atoms with van der Waals surface area (Å²) < 4.78 is 11.0. The quantitative estimate of drug-likeness (QED) is 0.192. The van der Waals surface area contributed by atoms with Gasteiger partial charge in [-0.05, 0) is 49.4 Å². The minimum atomic E-state index is 0. The predicted molar refractivity (Wildman–Crippen MR) is 131 cm³/mol. The highest BCUT2D eigenvalue weighted by atomic mass is 127. The molecule has 29 heavy (non-hydrogen) atoms. The van der Waals surface area contributed by atoms with E-state index in [2.05, 4.69) is 52.9 Å². The van der Waals surface area contributed by atoms with E-state index in [4.69, 9.17) is 9.47 Å². The number of rotatable bonds is 12. The summed E-state index contributed by atoms with van der Waals surface area (Å²) in [6.07, 6.45) is 3.06. The van der Waals surface area contributed by atoms with Gasteiger partial charge in [0.1, 0.15) is 5.75 Å². The van der Waals surface area contributed by atoms with Gasteiger partial charge in [0.2, 0.25) is 0 Å². The predicted octanol–water partition coefficient (Wildman–Crippen LogP) is 4.41. The molecule has 160 valence electrons. The molecule has 2 aromatic carbocycles. The monoisotopic (exact) mass is 511 g/mol. The van der Waals surface area contributed by atoms with Crippen LogP contribution in [0.15, 0.2) is 59.6 Å². The van der Waals surface area contributed by atoms with E-state index in [-0.39, 0.29) is 24.0 Å². The number of methoxy groups -OCH3 is 1. The highest BCUT2D eigenvalue weighted by Crippen LogP contribution is 2.13. The molecular weight excluding hydrogens is 477 g/mol. The fourth-order valence-electron chi connectivity index (χ4n) is 2.76. The molecule has 0 unspecified atom stereocenters. The maximum Gasteiger partial charge on any atom is 0.191 e. The average molecular weight is 511 g/mol. The Hall–Kier alpha value is -1.80. The van der Waals surface area contributed by atoms with E-state index in [1.165, 1.54) is 5.56 Å². The highest BCUT2D eigenvalue weighted by Gasteiger charge is 1.99. The smallest absolute Gasteiger partial charge is 0.191 e. The summed E-state index contributed by atoms with van der Waals surface area (Å²) in [4.78, 5) is 4.65. The molecular formula is C23H34IN3O2. The van der Waals surface area contributed by atoms with Crippen LogP contribution in [0, 0.1) is 0 Å². The van der Waals surface area contributed by atoms with Crippen molar-refractivity contribution in [1.29, 1.82) is 0 Å². The number of ether oxygens (including phenoxy) is 2. The minimum absolute atomic E-state index is 0. The molecule has 0 spiro atoms. The van der Waals surface area contributed by atoms with E-state index in [9.17, 15) is 0 Å². The molecule has 0 aliphatic heterocycles. The van der Waals surface area contributed by atoms with Crippen molar-refractivity contribution >= 4 is 29.9 Å². The van der Waals surface area contributed by atoms with E-state index in [1.54, 1.807) is 7.11 Å². The molecule has 0 aliphatic carbocycles. The Morgan fingerprint density at radius 2 is 1.72 bits per heavy atom. The molecule has 2 N–H and O–H groups in total. The number of unbranched alkanes of at least 4 members (excludes halogenated alkanes) is 1. The lowest BCUT2D eigenvalue weighted by Crippen LogP contribution is -2.37. The highest BCUT2D eigenvalue weighted by molar-refractivity contribution is 14.0. The number of nitrogens with one attached hydrogen (secondary N) is 2. The zero-order valence-corrected chi connectivity index (χ0v) is 19.9. The summed E-state index contributed by atoms with van der Waals surface area (Å²) in [7, 11) is 1.68. The van der Waals surface area contributed by atoms with E-state index in [0.29, 0.717) is 6.54 Å². The second-order valence-corrected chi connectivity index (χ2v) is 6.53. The molecule has 5 nitrogen and oxygen atoms in total. The number of aliphatic imine (C=N–C) groups is 1. The van der Waals surface area contributed by atoms with Gasteiger partial charge < -0.3 is 20.1 Å². The Morgan fingerprint density at radius 1 is 0.931 bits per heavy atom. The molecule has 6 heteroatoms. The molecule has 0 saturated carbocycles. The van der Waals surface area contributed by atoms with Gasteiger partial charge in [0.05, 0.1) is 20.3 Å². The average Bonchev–Trinajstić information content (AvgIpc) is 2.74. The van der Waals surface area contributed by atoms with Gasteiger partial charge in [0.15, 0.2) is 5.96 Å². The van der Waals surface area contributed by atoms with Gasteiger partial charge in [-0.3, -0.25) is 0 Å². The second kappa shape index (κ2) is 16.0. The second-order valence-electron chi connectivity index (χ2n) is 6.53. The summed E-state index contributed by atoms with van der Waals surface area (Å²) in [6, 6.07) is 18.5. The summed E-state index contributed by atoms with van der Waals surface area (Å²) in [6.45, 7) is 5.99. The fourth-order valence-corrected chi connectivity index (χ4v) is 2.76. The zero-order valence-electron chi connectivity index (χ0n) is 17.5. The molecule has 0 fully saturated rings. The van der Waals surface area contributed by atoms with Crippen molar-refractivity contribution in [3.63, 3.8) is 0 Å². The van der Waals surface area contributed by atoms with Gasteiger partial charge in [0, 0.05) is 19.7 Å². The topological polar surface area (TPSA) is 54.9 Å². The summed E-state index contributed by atoms with van der Waals surface area (Å²) in [5.41, 5.74) is 2.45. The van der Waals surface area contributed by atoms with Crippen molar-refractivity contribution in [3.05, 3.63) is 65.7 Å². The molecule has 0 saturated heterocycles. The van der Waals surface area contributed by atoms with Gasteiger partial charge in [-0.15, -0.1) is 24.0 Å². The number of hydrogen-bond donors (Lipinski definition) is 2. The molecule has 2 aromatic rings. The van der Waals surface area contributed by atoms with Gasteiger partial charge >= 0.3 is 0 Å². The van der Waals surface area contributed by atoms with Crippen LogP contribution in [0.25, 0.3) is 0 Å². The largest absolute Gasteiger partial charge is 0.497 e. The fraction of sp³-hybridized carbons (Fsp3) is 0.435. The van der Waals surface area contributed by atoms with E-state index in [0.717, 1.165) is 62.8 Å². The first-order chi connectivity index (χ1) is 13.8. The summed E-state index contributed by atoms with van der Waals surface area (Å²) in [5.74, 6) is 1.70. The van der Waals surface area contributed by atoms with E-state index in [1.807, 2.05) is 24.3 Å². The first kappa shape index (κ1) is 25.2. The first-order valence-electron chi connectivity index (χ1n) is 10.1. The third-order valence-electron chi connectivity index (χ3n) is 4.28. The van der Waals surface area contributed by atoms with Crippen LogP contribution < -0.4 is 15.4 Å². The number of benzene rings is 2. The SMILES string of the molecule is CCNC(=NCc1cccc(OC)c1)NCCCCOCCc1ccccc1.I. The summed E-state index contributed by atoms with van der Waals surface area (Å²) in [5, 5.41) is 6.68. The Bertz CT molecular complexity index is 696. The Balaban J connectivity index is 0.00000420. The lowest BCUT2D eigenvalue weighted by atomic mass is 10.2. The van der Waals surface area contributed by atoms with Crippen LogP contribution in [-0.2, 0) is 17.7 Å². The molecule has 0 aromatic heterocycles. The van der Waals surface area contributed by atoms with Crippen molar-refractivity contribution in [2.75, 3.05) is 33.4 Å². The van der Waals surface area contributed by atoms with Crippen LogP contribution in [0.5, 0.6) is 5.75 Å². The maximum atomic E-state index is 5.73. The van der Waals surface area contributed by atoms with Crippen LogP contribution >= 0.6 is 24.0 Å². The maximum absolute atomic E-state index is 5.73. The van der Waals surface area contributed by atoms with Gasteiger partial charge in [0.25, 0.3) is 0 Å². The van der Waals surface area contributed by atoms with Crippen LogP contribution in [0.4, 0.5) is 0 Å². The lowest BCUT2D eigenvalue weighted by molar-refractivity contribution is 0.133. The number of guanidine groups is 1. The Kier molecular flexibility index (Phi) is 14.0. The number of halogens is 1. The lowest BCUT2D eigenvalue weighted by Gasteiger charge is -2.11. The molecule has 0 radical (unpaired) electrons. The molecule has 0 atom stereocenters. The molecule has 0 aliphatic rings. The van der Waals surface area contributed by atoms with Crippen molar-refractivity contribution in [2.45, 2.75) is 32.7 Å². The van der Waals surface area contributed by atoms with Crippen molar-refractivity contribution in [2.24, 2.45) is 4.99 Å². The first-order valence-corrected chi connectivity index (χ1v) is 10.1. The van der Waals surface area contributed by atoms with Gasteiger partial charge in [-0.1, -0.05) is 42.5 Å². The Morgan fingerprint density at radius 3 is 2.48 bits per heavy atom. The van der Waals surface area contributed by atoms with Gasteiger partial charge in [-0.25, -0.2) is 4.99 Å². The third-order valence-corrected chi connectivity index (χ3v) is 4.28. The molecule has 0 bridgehead atoms. The van der Waals surface area contributed by atoms with Crippen LogP contribution in [-0.4, -0.2) is 39.4 Å².